The van der Waals surface area contributed by atoms with Gasteiger partial charge in [-0.2, -0.15) is 11.8 Å². The molecule has 0 N–H and O–H groups in total. The molecule has 1 saturated heterocycles. The Morgan fingerprint density at radius 1 is 1.67 bits per heavy atom. The van der Waals surface area contributed by atoms with Gasteiger partial charge in [-0.25, -0.2) is 4.98 Å². The van der Waals surface area contributed by atoms with E-state index in [9.17, 15) is 0 Å². The van der Waals surface area contributed by atoms with Crippen LogP contribution in [-0.2, 0) is 5.88 Å². The third-order valence-electron chi connectivity index (χ3n) is 1.91. The highest BCUT2D eigenvalue weighted by Crippen LogP contribution is 2.41. The van der Waals surface area contributed by atoms with Crippen molar-refractivity contribution in [2.24, 2.45) is 0 Å². The maximum absolute atomic E-state index is 5.71. The van der Waals surface area contributed by atoms with E-state index in [1.807, 2.05) is 18.0 Å². The van der Waals surface area contributed by atoms with Gasteiger partial charge < -0.3 is 0 Å². The Balaban J connectivity index is 2.11. The lowest BCUT2D eigenvalue weighted by Gasteiger charge is -2.01. The summed E-state index contributed by atoms with van der Waals surface area (Å²) in [5.41, 5.74) is 0. The molecule has 1 aromatic heterocycles. The van der Waals surface area contributed by atoms with Crippen molar-refractivity contribution in [1.29, 1.82) is 0 Å². The van der Waals surface area contributed by atoms with E-state index in [2.05, 4.69) is 4.98 Å². The second-order valence-electron chi connectivity index (χ2n) is 2.80. The van der Waals surface area contributed by atoms with Gasteiger partial charge in [0.05, 0.1) is 11.1 Å². The highest BCUT2D eigenvalue weighted by atomic mass is 35.5. The highest BCUT2D eigenvalue weighted by Gasteiger charge is 2.20. The van der Waals surface area contributed by atoms with Gasteiger partial charge in [0.2, 0.25) is 0 Å². The van der Waals surface area contributed by atoms with Crippen LogP contribution in [-0.4, -0.2) is 10.7 Å². The molecule has 1 aromatic rings. The Morgan fingerprint density at radius 3 is 3.17 bits per heavy atom. The molecule has 0 amide bonds. The first-order valence-corrected chi connectivity index (χ1v) is 6.42. The summed E-state index contributed by atoms with van der Waals surface area (Å²) in [6, 6.07) is 0. The molecule has 0 aliphatic carbocycles. The third-order valence-corrected chi connectivity index (χ3v) is 5.00. The van der Waals surface area contributed by atoms with Crippen LogP contribution in [0.1, 0.15) is 28.0 Å². The summed E-state index contributed by atoms with van der Waals surface area (Å²) < 4.78 is 0. The van der Waals surface area contributed by atoms with Gasteiger partial charge in [0.1, 0.15) is 5.01 Å². The van der Waals surface area contributed by atoms with Gasteiger partial charge in [-0.15, -0.1) is 22.9 Å². The summed E-state index contributed by atoms with van der Waals surface area (Å²) in [6.07, 6.45) is 4.54. The molecule has 0 aromatic carbocycles. The Bertz CT molecular complexity index is 255. The molecule has 0 bridgehead atoms. The zero-order valence-corrected chi connectivity index (χ0v) is 9.01. The summed E-state index contributed by atoms with van der Waals surface area (Å²) >= 11 is 9.50. The number of hydrogen-bond donors (Lipinski definition) is 0. The molecule has 0 spiro atoms. The van der Waals surface area contributed by atoms with E-state index in [0.29, 0.717) is 11.1 Å². The normalized spacial score (nSPS) is 23.2. The van der Waals surface area contributed by atoms with E-state index in [4.69, 9.17) is 11.6 Å². The lowest BCUT2D eigenvalue weighted by molar-refractivity contribution is 0.823. The van der Waals surface area contributed by atoms with E-state index in [-0.39, 0.29) is 0 Å². The highest BCUT2D eigenvalue weighted by molar-refractivity contribution is 7.99. The van der Waals surface area contributed by atoms with Crippen LogP contribution >= 0.6 is 34.7 Å². The summed E-state index contributed by atoms with van der Waals surface area (Å²) in [4.78, 5) is 5.58. The third kappa shape index (κ3) is 1.78. The lowest BCUT2D eigenvalue weighted by Crippen LogP contribution is -1.84. The van der Waals surface area contributed by atoms with E-state index in [1.165, 1.54) is 28.5 Å². The molecule has 66 valence electrons. The summed E-state index contributed by atoms with van der Waals surface area (Å²) in [5, 5.41) is 1.93. The molecule has 1 fully saturated rings. The number of rotatable bonds is 2. The minimum atomic E-state index is 0.606. The fourth-order valence-corrected chi connectivity index (χ4v) is 3.82. The van der Waals surface area contributed by atoms with Crippen molar-refractivity contribution in [3.63, 3.8) is 0 Å². The molecule has 1 unspecified atom stereocenters. The maximum Gasteiger partial charge on any atom is 0.106 e. The molecule has 1 aliphatic heterocycles. The molecule has 0 radical (unpaired) electrons. The molecule has 2 heterocycles. The summed E-state index contributed by atoms with van der Waals surface area (Å²) in [7, 11) is 0. The van der Waals surface area contributed by atoms with Crippen molar-refractivity contribution in [3.8, 4) is 0 Å². The van der Waals surface area contributed by atoms with Gasteiger partial charge in [-0.05, 0) is 18.6 Å². The number of halogens is 1. The first-order valence-electron chi connectivity index (χ1n) is 4.02. The van der Waals surface area contributed by atoms with Crippen molar-refractivity contribution < 1.29 is 0 Å². The molecule has 12 heavy (non-hydrogen) atoms. The van der Waals surface area contributed by atoms with Crippen LogP contribution in [0.3, 0.4) is 0 Å². The summed E-state index contributed by atoms with van der Waals surface area (Å²) in [6.45, 7) is 0. The van der Waals surface area contributed by atoms with Crippen LogP contribution in [0.25, 0.3) is 0 Å². The Morgan fingerprint density at radius 2 is 2.58 bits per heavy atom. The van der Waals surface area contributed by atoms with Gasteiger partial charge in [0.15, 0.2) is 0 Å². The first kappa shape index (κ1) is 8.85. The monoisotopic (exact) mass is 219 g/mol. The Kier molecular flexibility index (Phi) is 2.94. The van der Waals surface area contributed by atoms with Crippen LogP contribution in [0, 0.1) is 0 Å². The average molecular weight is 220 g/mol. The topological polar surface area (TPSA) is 12.9 Å². The average Bonchev–Trinajstić information content (AvgIpc) is 2.75. The van der Waals surface area contributed by atoms with Gasteiger partial charge in [0, 0.05) is 11.1 Å². The molecular formula is C8H10ClNS2. The largest absolute Gasteiger partial charge is 0.248 e. The van der Waals surface area contributed by atoms with Crippen molar-refractivity contribution in [1.82, 2.24) is 4.98 Å². The van der Waals surface area contributed by atoms with Gasteiger partial charge >= 0.3 is 0 Å². The van der Waals surface area contributed by atoms with Crippen molar-refractivity contribution in [2.75, 3.05) is 5.75 Å². The quantitative estimate of drug-likeness (QED) is 0.707. The van der Waals surface area contributed by atoms with Crippen LogP contribution in [0.15, 0.2) is 6.20 Å². The summed E-state index contributed by atoms with van der Waals surface area (Å²) in [5.74, 6) is 1.90. The fourth-order valence-electron chi connectivity index (χ4n) is 1.31. The number of nitrogens with zero attached hydrogens (tertiary/aromatic N) is 1. The second-order valence-corrected chi connectivity index (χ2v) is 5.52. The van der Waals surface area contributed by atoms with Crippen LogP contribution < -0.4 is 0 Å². The zero-order valence-electron chi connectivity index (χ0n) is 6.62. The van der Waals surface area contributed by atoms with Crippen molar-refractivity contribution >= 4 is 34.7 Å². The maximum atomic E-state index is 5.71. The van der Waals surface area contributed by atoms with Crippen LogP contribution in [0.4, 0.5) is 0 Å². The smallest absolute Gasteiger partial charge is 0.106 e. The fraction of sp³-hybridized carbons (Fsp3) is 0.625. The van der Waals surface area contributed by atoms with E-state index in [0.717, 1.165) is 0 Å². The number of alkyl halides is 1. The van der Waals surface area contributed by atoms with Crippen LogP contribution in [0.2, 0.25) is 0 Å². The number of hydrogen-bond acceptors (Lipinski definition) is 3. The molecule has 1 aliphatic rings. The minimum absolute atomic E-state index is 0.606. The molecule has 2 rings (SSSR count). The molecule has 4 heteroatoms. The number of thioether (sulfide) groups is 1. The number of thiazole rings is 1. The Hall–Kier alpha value is 0.270. The molecule has 1 atom stereocenters. The van der Waals surface area contributed by atoms with E-state index in [1.54, 1.807) is 11.3 Å². The SMILES string of the molecule is ClCc1cnc(C2CCCS2)s1. The van der Waals surface area contributed by atoms with Gasteiger partial charge in [-0.1, -0.05) is 0 Å². The predicted octanol–water partition coefficient (Wildman–Crippen LogP) is 3.45. The molecule has 1 nitrogen and oxygen atoms in total. The lowest BCUT2D eigenvalue weighted by atomic mass is 10.3. The molecular weight excluding hydrogens is 210 g/mol. The Labute approximate surface area is 85.5 Å². The standard InChI is InChI=1S/C8H10ClNS2/c9-4-6-5-10-8(12-6)7-2-1-3-11-7/h5,7H,1-4H2. The van der Waals surface area contributed by atoms with Crippen molar-refractivity contribution in [2.45, 2.75) is 24.0 Å². The zero-order chi connectivity index (χ0) is 8.39. The van der Waals surface area contributed by atoms with Crippen molar-refractivity contribution in [3.05, 3.63) is 16.1 Å². The number of aromatic nitrogens is 1. The predicted molar refractivity (Wildman–Crippen MR) is 56.1 cm³/mol. The minimum Gasteiger partial charge on any atom is -0.248 e. The first-order chi connectivity index (χ1) is 5.90. The second kappa shape index (κ2) is 3.99. The van der Waals surface area contributed by atoms with Gasteiger partial charge in [-0.3, -0.25) is 0 Å². The van der Waals surface area contributed by atoms with E-state index < -0.39 is 0 Å². The molecule has 0 saturated carbocycles. The van der Waals surface area contributed by atoms with Gasteiger partial charge in [0.25, 0.3) is 0 Å². The van der Waals surface area contributed by atoms with Crippen LogP contribution in [0.5, 0.6) is 0 Å². The van der Waals surface area contributed by atoms with E-state index >= 15 is 0 Å².